The van der Waals surface area contributed by atoms with Crippen molar-refractivity contribution < 1.29 is 4.74 Å². The topological polar surface area (TPSA) is 15.7 Å². The molecule has 1 aromatic rings. The molecule has 3 heteroatoms. The molecule has 0 unspecified atom stereocenters. The summed E-state index contributed by atoms with van der Waals surface area (Å²) in [6.45, 7) is 9.24. The summed E-state index contributed by atoms with van der Waals surface area (Å²) in [5.41, 5.74) is 1.48. The second-order valence-corrected chi connectivity index (χ2v) is 6.81. The van der Waals surface area contributed by atoms with E-state index in [2.05, 4.69) is 40.1 Å². The zero-order valence-electron chi connectivity index (χ0n) is 13.8. The van der Waals surface area contributed by atoms with E-state index in [0.717, 1.165) is 32.2 Å². The quantitative estimate of drug-likeness (QED) is 0.803. The molecular formula is C19H30N2O. The van der Waals surface area contributed by atoms with Crippen molar-refractivity contribution in [3.05, 3.63) is 35.9 Å². The minimum atomic E-state index is 0.864. The van der Waals surface area contributed by atoms with Crippen molar-refractivity contribution in [2.45, 2.75) is 25.7 Å². The molecule has 2 saturated heterocycles. The van der Waals surface area contributed by atoms with Gasteiger partial charge in [-0.05, 0) is 50.3 Å². The molecule has 1 atom stereocenters. The molecule has 1 aromatic carbocycles. The minimum Gasteiger partial charge on any atom is -0.379 e. The standard InChI is InChI=1S/C19H30N2O/c1-2-6-18(7-3-1)8-4-10-20-11-5-9-19(16-20)17-21-12-14-22-15-13-21/h1-3,6-7,19H,4-5,8-17H2/t19-/m0/s1. The molecule has 122 valence electrons. The van der Waals surface area contributed by atoms with E-state index < -0.39 is 0 Å². The third-order valence-corrected chi connectivity index (χ3v) is 5.01. The predicted octanol–water partition coefficient (Wildman–Crippen LogP) is 2.66. The van der Waals surface area contributed by atoms with Crippen molar-refractivity contribution in [2.24, 2.45) is 5.92 Å². The molecule has 0 radical (unpaired) electrons. The molecule has 0 N–H and O–H groups in total. The predicted molar refractivity (Wildman–Crippen MR) is 91.2 cm³/mol. The zero-order valence-corrected chi connectivity index (χ0v) is 13.8. The second-order valence-electron chi connectivity index (χ2n) is 6.81. The van der Waals surface area contributed by atoms with Crippen LogP contribution in [0.1, 0.15) is 24.8 Å². The van der Waals surface area contributed by atoms with Crippen molar-refractivity contribution in [1.82, 2.24) is 9.80 Å². The van der Waals surface area contributed by atoms with Gasteiger partial charge in [-0.25, -0.2) is 0 Å². The SMILES string of the molecule is c1ccc(CCCN2CCC[C@H](CN3CCOCC3)C2)cc1. The van der Waals surface area contributed by atoms with Crippen molar-refractivity contribution in [3.63, 3.8) is 0 Å². The Morgan fingerprint density at radius 3 is 2.64 bits per heavy atom. The van der Waals surface area contributed by atoms with Gasteiger partial charge in [0.2, 0.25) is 0 Å². The van der Waals surface area contributed by atoms with E-state index in [1.54, 1.807) is 0 Å². The maximum atomic E-state index is 5.45. The fraction of sp³-hybridized carbons (Fsp3) is 0.684. The van der Waals surface area contributed by atoms with Crippen LogP contribution in [0.3, 0.4) is 0 Å². The summed E-state index contributed by atoms with van der Waals surface area (Å²) in [6.07, 6.45) is 5.28. The van der Waals surface area contributed by atoms with Gasteiger partial charge in [-0.1, -0.05) is 30.3 Å². The van der Waals surface area contributed by atoms with Crippen molar-refractivity contribution >= 4 is 0 Å². The van der Waals surface area contributed by atoms with Crippen molar-refractivity contribution in [1.29, 1.82) is 0 Å². The maximum Gasteiger partial charge on any atom is 0.0594 e. The first kappa shape index (κ1) is 16.0. The first-order chi connectivity index (χ1) is 10.9. The van der Waals surface area contributed by atoms with Gasteiger partial charge in [0.15, 0.2) is 0 Å². The highest BCUT2D eigenvalue weighted by molar-refractivity contribution is 5.14. The summed E-state index contributed by atoms with van der Waals surface area (Å²) in [5.74, 6) is 0.864. The number of nitrogens with zero attached hydrogens (tertiary/aromatic N) is 2. The number of aryl methyl sites for hydroxylation is 1. The fourth-order valence-corrected chi connectivity index (χ4v) is 3.80. The van der Waals surface area contributed by atoms with E-state index in [-0.39, 0.29) is 0 Å². The van der Waals surface area contributed by atoms with Gasteiger partial charge in [-0.2, -0.15) is 0 Å². The fourth-order valence-electron chi connectivity index (χ4n) is 3.80. The van der Waals surface area contributed by atoms with E-state index in [0.29, 0.717) is 0 Å². The average Bonchev–Trinajstić information content (AvgIpc) is 2.57. The molecule has 2 heterocycles. The molecule has 2 aliphatic rings. The summed E-state index contributed by atoms with van der Waals surface area (Å²) < 4.78 is 5.45. The van der Waals surface area contributed by atoms with E-state index in [9.17, 15) is 0 Å². The van der Waals surface area contributed by atoms with Gasteiger partial charge < -0.3 is 9.64 Å². The molecule has 2 fully saturated rings. The zero-order chi connectivity index (χ0) is 15.0. The Morgan fingerprint density at radius 2 is 1.82 bits per heavy atom. The van der Waals surface area contributed by atoms with Crippen LogP contribution in [0, 0.1) is 5.92 Å². The highest BCUT2D eigenvalue weighted by atomic mass is 16.5. The Kier molecular flexibility index (Phi) is 6.29. The molecule has 3 nitrogen and oxygen atoms in total. The number of hydrogen-bond acceptors (Lipinski definition) is 3. The molecule has 0 aromatic heterocycles. The molecule has 2 aliphatic heterocycles. The lowest BCUT2D eigenvalue weighted by atomic mass is 9.97. The minimum absolute atomic E-state index is 0.864. The molecule has 0 aliphatic carbocycles. The van der Waals surface area contributed by atoms with Crippen LogP contribution >= 0.6 is 0 Å². The summed E-state index contributed by atoms with van der Waals surface area (Å²) in [4.78, 5) is 5.29. The van der Waals surface area contributed by atoms with Crippen LogP contribution in [-0.4, -0.2) is 62.3 Å². The lowest BCUT2D eigenvalue weighted by molar-refractivity contribution is 0.0229. The first-order valence-corrected chi connectivity index (χ1v) is 8.96. The summed E-state index contributed by atoms with van der Waals surface area (Å²) in [5, 5.41) is 0. The van der Waals surface area contributed by atoms with Crippen LogP contribution in [0.15, 0.2) is 30.3 Å². The van der Waals surface area contributed by atoms with Crippen LogP contribution in [0.5, 0.6) is 0 Å². The molecule has 0 bridgehead atoms. The Morgan fingerprint density at radius 1 is 1.00 bits per heavy atom. The van der Waals surface area contributed by atoms with Gasteiger partial charge in [0.1, 0.15) is 0 Å². The maximum absolute atomic E-state index is 5.45. The van der Waals surface area contributed by atoms with Gasteiger partial charge in [-0.3, -0.25) is 4.90 Å². The average molecular weight is 302 g/mol. The van der Waals surface area contributed by atoms with E-state index in [1.807, 2.05) is 0 Å². The molecular weight excluding hydrogens is 272 g/mol. The Hall–Kier alpha value is -0.900. The largest absolute Gasteiger partial charge is 0.379 e. The number of likely N-dealkylation sites (tertiary alicyclic amines) is 1. The lowest BCUT2D eigenvalue weighted by Gasteiger charge is -2.36. The summed E-state index contributed by atoms with van der Waals surface area (Å²) in [7, 11) is 0. The number of piperidine rings is 1. The third kappa shape index (κ3) is 5.08. The normalized spacial score (nSPS) is 24.5. The Balaban J connectivity index is 1.37. The van der Waals surface area contributed by atoms with Crippen LogP contribution in [0.25, 0.3) is 0 Å². The second kappa shape index (κ2) is 8.66. The number of hydrogen-bond donors (Lipinski definition) is 0. The van der Waals surface area contributed by atoms with Crippen LogP contribution in [-0.2, 0) is 11.2 Å². The molecule has 22 heavy (non-hydrogen) atoms. The Bertz CT molecular complexity index is 417. The number of benzene rings is 1. The smallest absolute Gasteiger partial charge is 0.0594 e. The number of rotatable bonds is 6. The van der Waals surface area contributed by atoms with E-state index in [1.165, 1.54) is 57.4 Å². The monoisotopic (exact) mass is 302 g/mol. The van der Waals surface area contributed by atoms with Gasteiger partial charge in [0, 0.05) is 26.2 Å². The summed E-state index contributed by atoms with van der Waals surface area (Å²) >= 11 is 0. The first-order valence-electron chi connectivity index (χ1n) is 8.96. The van der Waals surface area contributed by atoms with E-state index >= 15 is 0 Å². The number of morpholine rings is 1. The number of ether oxygens (including phenoxy) is 1. The van der Waals surface area contributed by atoms with Gasteiger partial charge in [0.05, 0.1) is 13.2 Å². The van der Waals surface area contributed by atoms with E-state index in [4.69, 9.17) is 4.74 Å². The third-order valence-electron chi connectivity index (χ3n) is 5.01. The van der Waals surface area contributed by atoms with Crippen LogP contribution < -0.4 is 0 Å². The van der Waals surface area contributed by atoms with Crippen molar-refractivity contribution in [2.75, 3.05) is 52.5 Å². The van der Waals surface area contributed by atoms with Crippen LogP contribution in [0.4, 0.5) is 0 Å². The lowest BCUT2D eigenvalue weighted by Crippen LogP contribution is -2.44. The highest BCUT2D eigenvalue weighted by Gasteiger charge is 2.22. The molecule has 0 saturated carbocycles. The summed E-state index contributed by atoms with van der Waals surface area (Å²) in [6, 6.07) is 10.9. The van der Waals surface area contributed by atoms with Gasteiger partial charge in [-0.15, -0.1) is 0 Å². The van der Waals surface area contributed by atoms with Crippen molar-refractivity contribution in [3.8, 4) is 0 Å². The Labute approximate surface area is 135 Å². The highest BCUT2D eigenvalue weighted by Crippen LogP contribution is 2.18. The van der Waals surface area contributed by atoms with Gasteiger partial charge >= 0.3 is 0 Å². The van der Waals surface area contributed by atoms with Gasteiger partial charge in [0.25, 0.3) is 0 Å². The molecule has 3 rings (SSSR count). The molecule has 0 amide bonds. The van der Waals surface area contributed by atoms with Crippen LogP contribution in [0.2, 0.25) is 0 Å². The molecule has 0 spiro atoms.